The number of anilines is 1. The number of carbonyl (C=O) groups is 1. The molecule has 0 bridgehead atoms. The van der Waals surface area contributed by atoms with Gasteiger partial charge in [-0.15, -0.1) is 0 Å². The minimum absolute atomic E-state index is 0.197. The maximum absolute atomic E-state index is 12.2. The van der Waals surface area contributed by atoms with Crippen LogP contribution in [0.5, 0.6) is 0 Å². The van der Waals surface area contributed by atoms with Crippen molar-refractivity contribution in [2.75, 3.05) is 5.32 Å². The van der Waals surface area contributed by atoms with Crippen LogP contribution in [0, 0.1) is 3.57 Å². The lowest BCUT2D eigenvalue weighted by atomic mass is 10.1. The van der Waals surface area contributed by atoms with E-state index in [1.54, 1.807) is 11.7 Å². The maximum atomic E-state index is 12.2. The minimum Gasteiger partial charge on any atom is -0.321 e. The highest BCUT2D eigenvalue weighted by Gasteiger charge is 2.14. The molecule has 0 aliphatic rings. The molecule has 0 saturated heterocycles. The van der Waals surface area contributed by atoms with E-state index in [0.29, 0.717) is 5.69 Å². The summed E-state index contributed by atoms with van der Waals surface area (Å²) in [5.74, 6) is -0.197. The van der Waals surface area contributed by atoms with Crippen LogP contribution in [0.2, 0.25) is 0 Å². The van der Waals surface area contributed by atoms with E-state index >= 15 is 0 Å². The number of nitrogens with one attached hydrogen (secondary N) is 1. The van der Waals surface area contributed by atoms with Crippen molar-refractivity contribution >= 4 is 34.2 Å². The van der Waals surface area contributed by atoms with Crippen molar-refractivity contribution in [1.29, 1.82) is 0 Å². The molecule has 3 rings (SSSR count). The van der Waals surface area contributed by atoms with Gasteiger partial charge in [0.25, 0.3) is 5.91 Å². The fourth-order valence-electron chi connectivity index (χ4n) is 2.18. The zero-order valence-electron chi connectivity index (χ0n) is 12.0. The van der Waals surface area contributed by atoms with Crippen molar-refractivity contribution in [2.45, 2.75) is 0 Å². The summed E-state index contributed by atoms with van der Waals surface area (Å²) in [4.78, 5) is 12.2. The Morgan fingerprint density at radius 3 is 2.27 bits per heavy atom. The van der Waals surface area contributed by atoms with Crippen LogP contribution in [0.4, 0.5) is 5.69 Å². The van der Waals surface area contributed by atoms with E-state index in [9.17, 15) is 4.79 Å². The quantitative estimate of drug-likeness (QED) is 0.674. The molecule has 5 heteroatoms. The van der Waals surface area contributed by atoms with Crippen LogP contribution < -0.4 is 5.32 Å². The number of amides is 1. The molecular weight excluding hydrogens is 389 g/mol. The van der Waals surface area contributed by atoms with E-state index in [1.165, 1.54) is 0 Å². The van der Waals surface area contributed by atoms with Crippen LogP contribution in [-0.2, 0) is 7.05 Å². The molecule has 110 valence electrons. The predicted molar refractivity (Wildman–Crippen MR) is 95.8 cm³/mol. The molecular formula is C17H14IN3O. The van der Waals surface area contributed by atoms with Crippen molar-refractivity contribution in [3.8, 4) is 11.1 Å². The molecule has 1 N–H and O–H groups in total. The molecule has 0 unspecified atom stereocenters. The van der Waals surface area contributed by atoms with Crippen LogP contribution in [0.3, 0.4) is 0 Å². The molecule has 0 aliphatic carbocycles. The van der Waals surface area contributed by atoms with Crippen LogP contribution in [0.15, 0.2) is 60.8 Å². The lowest BCUT2D eigenvalue weighted by Crippen LogP contribution is -2.14. The number of rotatable bonds is 3. The Hall–Kier alpha value is -2.15. The second kappa shape index (κ2) is 6.31. The Bertz CT molecular complexity index is 795. The molecule has 0 fully saturated rings. The van der Waals surface area contributed by atoms with E-state index in [1.807, 2.05) is 48.7 Å². The average molecular weight is 403 g/mol. The van der Waals surface area contributed by atoms with E-state index in [2.05, 4.69) is 45.1 Å². The second-order valence-corrected chi connectivity index (χ2v) is 6.06. The average Bonchev–Trinajstić information content (AvgIpc) is 2.88. The van der Waals surface area contributed by atoms with Crippen molar-refractivity contribution in [3.63, 3.8) is 0 Å². The molecule has 1 heterocycles. The van der Waals surface area contributed by atoms with Crippen molar-refractivity contribution in [2.24, 2.45) is 7.05 Å². The summed E-state index contributed by atoms with van der Waals surface area (Å²) in [5, 5.41) is 7.04. The number of aryl methyl sites for hydroxylation is 1. The highest BCUT2D eigenvalue weighted by Crippen LogP contribution is 2.21. The Labute approximate surface area is 142 Å². The first-order valence-corrected chi connectivity index (χ1v) is 7.87. The molecule has 0 radical (unpaired) electrons. The topological polar surface area (TPSA) is 46.9 Å². The lowest BCUT2D eigenvalue weighted by Gasteiger charge is -2.06. The summed E-state index contributed by atoms with van der Waals surface area (Å²) in [6, 6.07) is 17.9. The predicted octanol–water partition coefficient (Wildman–Crippen LogP) is 3.94. The van der Waals surface area contributed by atoms with Gasteiger partial charge in [0.15, 0.2) is 5.69 Å². The van der Waals surface area contributed by atoms with Crippen molar-refractivity contribution in [3.05, 3.63) is 70.1 Å². The van der Waals surface area contributed by atoms with Gasteiger partial charge < -0.3 is 5.32 Å². The fraction of sp³-hybridized carbons (Fsp3) is 0.0588. The number of aromatic nitrogens is 2. The molecule has 0 spiro atoms. The number of benzene rings is 2. The van der Waals surface area contributed by atoms with Gasteiger partial charge in [0.05, 0.1) is 3.57 Å². The Morgan fingerprint density at radius 1 is 1.05 bits per heavy atom. The van der Waals surface area contributed by atoms with E-state index in [4.69, 9.17) is 0 Å². The number of hydrogen-bond donors (Lipinski definition) is 1. The van der Waals surface area contributed by atoms with Gasteiger partial charge in [-0.3, -0.25) is 9.48 Å². The first-order valence-electron chi connectivity index (χ1n) is 6.79. The van der Waals surface area contributed by atoms with Gasteiger partial charge in [-0.2, -0.15) is 5.10 Å². The molecule has 0 saturated carbocycles. The van der Waals surface area contributed by atoms with Crippen molar-refractivity contribution in [1.82, 2.24) is 9.78 Å². The zero-order valence-corrected chi connectivity index (χ0v) is 14.1. The summed E-state index contributed by atoms with van der Waals surface area (Å²) in [6.07, 6.45) is 1.81. The second-order valence-electron chi connectivity index (χ2n) is 4.90. The molecule has 0 atom stereocenters. The smallest absolute Gasteiger partial charge is 0.277 e. The third kappa shape index (κ3) is 3.19. The largest absolute Gasteiger partial charge is 0.321 e. The minimum atomic E-state index is -0.197. The highest BCUT2D eigenvalue weighted by atomic mass is 127. The highest BCUT2D eigenvalue weighted by molar-refractivity contribution is 14.1. The first-order chi connectivity index (χ1) is 10.6. The molecule has 22 heavy (non-hydrogen) atoms. The number of nitrogens with zero attached hydrogens (tertiary/aromatic N) is 2. The van der Waals surface area contributed by atoms with Gasteiger partial charge in [0, 0.05) is 18.9 Å². The molecule has 3 aromatic rings. The summed E-state index contributed by atoms with van der Waals surface area (Å²) in [5.41, 5.74) is 3.46. The molecule has 1 amide bonds. The van der Waals surface area contributed by atoms with Gasteiger partial charge >= 0.3 is 0 Å². The van der Waals surface area contributed by atoms with Crippen LogP contribution in [-0.4, -0.2) is 15.7 Å². The summed E-state index contributed by atoms with van der Waals surface area (Å²) in [7, 11) is 1.80. The SMILES string of the molecule is Cn1cc(I)c(C(=O)Nc2ccc(-c3ccccc3)cc2)n1. The lowest BCUT2D eigenvalue weighted by molar-refractivity contribution is 0.102. The third-order valence-electron chi connectivity index (χ3n) is 3.25. The maximum Gasteiger partial charge on any atom is 0.277 e. The normalized spacial score (nSPS) is 10.5. The Kier molecular flexibility index (Phi) is 4.24. The standard InChI is InChI=1S/C17H14IN3O/c1-21-11-15(18)16(20-21)17(22)19-14-9-7-13(8-10-14)12-5-3-2-4-6-12/h2-11H,1H3,(H,19,22). The molecule has 1 aromatic heterocycles. The number of halogens is 1. The Balaban J connectivity index is 1.76. The van der Waals surface area contributed by atoms with Gasteiger partial charge in [-0.1, -0.05) is 42.5 Å². The fourth-order valence-corrected chi connectivity index (χ4v) is 2.94. The number of carbonyl (C=O) groups excluding carboxylic acids is 1. The van der Waals surface area contributed by atoms with Gasteiger partial charge in [-0.05, 0) is 45.9 Å². The molecule has 0 aliphatic heterocycles. The van der Waals surface area contributed by atoms with Crippen LogP contribution in [0.1, 0.15) is 10.5 Å². The van der Waals surface area contributed by atoms with Gasteiger partial charge in [-0.25, -0.2) is 0 Å². The van der Waals surface area contributed by atoms with E-state index in [-0.39, 0.29) is 5.91 Å². The van der Waals surface area contributed by atoms with Crippen molar-refractivity contribution < 1.29 is 4.79 Å². The third-order valence-corrected chi connectivity index (χ3v) is 4.04. The van der Waals surface area contributed by atoms with E-state index in [0.717, 1.165) is 20.4 Å². The Morgan fingerprint density at radius 2 is 1.68 bits per heavy atom. The summed E-state index contributed by atoms with van der Waals surface area (Å²) >= 11 is 2.11. The summed E-state index contributed by atoms with van der Waals surface area (Å²) in [6.45, 7) is 0. The first kappa shape index (κ1) is 14.8. The summed E-state index contributed by atoms with van der Waals surface area (Å²) < 4.78 is 2.47. The zero-order chi connectivity index (χ0) is 15.5. The van der Waals surface area contributed by atoms with Crippen LogP contribution >= 0.6 is 22.6 Å². The molecule has 2 aromatic carbocycles. The van der Waals surface area contributed by atoms with Gasteiger partial charge in [0.1, 0.15) is 0 Å². The van der Waals surface area contributed by atoms with Gasteiger partial charge in [0.2, 0.25) is 0 Å². The number of hydrogen-bond acceptors (Lipinski definition) is 2. The monoisotopic (exact) mass is 403 g/mol. The van der Waals surface area contributed by atoms with Crippen LogP contribution in [0.25, 0.3) is 11.1 Å². The van der Waals surface area contributed by atoms with E-state index < -0.39 is 0 Å². The molecule has 4 nitrogen and oxygen atoms in total.